The van der Waals surface area contributed by atoms with E-state index in [1.54, 1.807) is 26.2 Å². The molecule has 0 radical (unpaired) electrons. The lowest BCUT2D eigenvalue weighted by atomic mass is 9.74. The fraction of sp³-hybridized carbons (Fsp3) is 0.632. The highest BCUT2D eigenvalue weighted by molar-refractivity contribution is 5.93. The molecule has 0 bridgehead atoms. The number of nitrogens with zero attached hydrogens (tertiary/aromatic N) is 1. The van der Waals surface area contributed by atoms with E-state index in [0.717, 1.165) is 31.4 Å². The van der Waals surface area contributed by atoms with Crippen molar-refractivity contribution in [3.05, 3.63) is 33.7 Å². The van der Waals surface area contributed by atoms with Crippen LogP contribution in [-0.4, -0.2) is 54.5 Å². The molecule has 0 aromatic carbocycles. The maximum atomic E-state index is 12.5. The van der Waals surface area contributed by atoms with E-state index < -0.39 is 0 Å². The molecule has 1 aromatic heterocycles. The van der Waals surface area contributed by atoms with Crippen molar-refractivity contribution in [3.63, 3.8) is 0 Å². The lowest BCUT2D eigenvalue weighted by molar-refractivity contribution is -0.142. The van der Waals surface area contributed by atoms with E-state index in [1.165, 1.54) is 0 Å². The Morgan fingerprint density at radius 3 is 2.92 bits per heavy atom. The molecule has 2 heterocycles. The molecule has 7 nitrogen and oxygen atoms in total. The summed E-state index contributed by atoms with van der Waals surface area (Å²) in [4.78, 5) is 41.4. The van der Waals surface area contributed by atoms with Gasteiger partial charge < -0.3 is 19.9 Å². The SMILES string of the molecule is COCCN1C(=O)CC[C@]2(CNC(=O)c3ccc(C)[nH]c3=O)CCC[C@@H]12. The van der Waals surface area contributed by atoms with Crippen LogP contribution in [0.4, 0.5) is 0 Å². The highest BCUT2D eigenvalue weighted by Crippen LogP contribution is 2.47. The van der Waals surface area contributed by atoms with E-state index in [-0.39, 0.29) is 34.4 Å². The molecule has 2 atom stereocenters. The summed E-state index contributed by atoms with van der Waals surface area (Å²) >= 11 is 0. The van der Waals surface area contributed by atoms with Gasteiger partial charge in [-0.2, -0.15) is 0 Å². The predicted octanol–water partition coefficient (Wildman–Crippen LogP) is 1.22. The molecular formula is C19H27N3O4. The summed E-state index contributed by atoms with van der Waals surface area (Å²) < 4.78 is 5.15. The van der Waals surface area contributed by atoms with Crippen molar-refractivity contribution in [2.75, 3.05) is 26.8 Å². The van der Waals surface area contributed by atoms with Crippen molar-refractivity contribution in [2.45, 2.75) is 45.1 Å². The second-order valence-corrected chi connectivity index (χ2v) is 7.42. The predicted molar refractivity (Wildman–Crippen MR) is 97.0 cm³/mol. The van der Waals surface area contributed by atoms with Gasteiger partial charge in [-0.15, -0.1) is 0 Å². The summed E-state index contributed by atoms with van der Waals surface area (Å²) in [5, 5.41) is 2.95. The molecule has 2 amide bonds. The molecule has 2 N–H and O–H groups in total. The number of nitrogens with one attached hydrogen (secondary N) is 2. The van der Waals surface area contributed by atoms with Crippen LogP contribution in [-0.2, 0) is 9.53 Å². The number of hydrogen-bond acceptors (Lipinski definition) is 4. The Kier molecular flexibility index (Phi) is 5.46. The van der Waals surface area contributed by atoms with Crippen molar-refractivity contribution < 1.29 is 14.3 Å². The first-order valence-corrected chi connectivity index (χ1v) is 9.23. The zero-order valence-corrected chi connectivity index (χ0v) is 15.5. The van der Waals surface area contributed by atoms with Crippen molar-refractivity contribution in [1.29, 1.82) is 0 Å². The standard InChI is InChI=1S/C19H27N3O4/c1-13-5-6-14(18(25)21-13)17(24)20-12-19-8-3-4-15(19)22(10-11-26-2)16(23)7-9-19/h5-6,15H,3-4,7-12H2,1-2H3,(H,20,24)(H,21,25)/t15-,19+/m1/s1. The van der Waals surface area contributed by atoms with Crippen molar-refractivity contribution in [3.8, 4) is 0 Å². The van der Waals surface area contributed by atoms with E-state index in [4.69, 9.17) is 4.74 Å². The smallest absolute Gasteiger partial charge is 0.260 e. The second kappa shape index (κ2) is 7.61. The minimum absolute atomic E-state index is 0.102. The van der Waals surface area contributed by atoms with Crippen LogP contribution in [0, 0.1) is 12.3 Å². The van der Waals surface area contributed by atoms with Gasteiger partial charge in [-0.3, -0.25) is 14.4 Å². The molecule has 7 heteroatoms. The Hall–Kier alpha value is -2.15. The number of aryl methyl sites for hydroxylation is 1. The van der Waals surface area contributed by atoms with E-state index >= 15 is 0 Å². The molecular weight excluding hydrogens is 334 g/mol. The number of methoxy groups -OCH3 is 1. The first-order valence-electron chi connectivity index (χ1n) is 9.23. The van der Waals surface area contributed by atoms with Gasteiger partial charge in [0.25, 0.3) is 11.5 Å². The van der Waals surface area contributed by atoms with Crippen LogP contribution in [0.2, 0.25) is 0 Å². The first-order chi connectivity index (χ1) is 12.5. The number of ether oxygens (including phenoxy) is 1. The topological polar surface area (TPSA) is 91.5 Å². The normalized spacial score (nSPS) is 25.2. The molecule has 1 aromatic rings. The van der Waals surface area contributed by atoms with Gasteiger partial charge in [0.1, 0.15) is 5.56 Å². The molecule has 2 fully saturated rings. The maximum absolute atomic E-state index is 12.5. The van der Waals surface area contributed by atoms with Crippen LogP contribution in [0.15, 0.2) is 16.9 Å². The number of carbonyl (C=O) groups excluding carboxylic acids is 2. The molecule has 0 spiro atoms. The Morgan fingerprint density at radius 1 is 1.38 bits per heavy atom. The van der Waals surface area contributed by atoms with Crippen LogP contribution >= 0.6 is 0 Å². The summed E-state index contributed by atoms with van der Waals surface area (Å²) in [5.74, 6) is -0.183. The summed E-state index contributed by atoms with van der Waals surface area (Å²) in [6.07, 6.45) is 4.27. The number of piperidine rings is 1. The number of rotatable bonds is 6. The number of carbonyl (C=O) groups is 2. The van der Waals surface area contributed by atoms with Crippen LogP contribution in [0.5, 0.6) is 0 Å². The number of fused-ring (bicyclic) bond motifs is 1. The Morgan fingerprint density at radius 2 is 2.19 bits per heavy atom. The summed E-state index contributed by atoms with van der Waals surface area (Å²) in [6.45, 7) is 3.37. The average molecular weight is 361 g/mol. The Bertz CT molecular complexity index is 745. The first kappa shape index (κ1) is 18.6. The molecule has 1 aliphatic heterocycles. The van der Waals surface area contributed by atoms with Gasteiger partial charge >= 0.3 is 0 Å². The van der Waals surface area contributed by atoms with Gasteiger partial charge in [0.05, 0.1) is 6.61 Å². The summed E-state index contributed by atoms with van der Waals surface area (Å²) in [6, 6.07) is 3.41. The van der Waals surface area contributed by atoms with Crippen molar-refractivity contribution in [2.24, 2.45) is 5.41 Å². The molecule has 2 aliphatic rings. The third kappa shape index (κ3) is 3.53. The van der Waals surface area contributed by atoms with Gasteiger partial charge in [0.15, 0.2) is 0 Å². The van der Waals surface area contributed by atoms with Crippen LogP contribution in [0.3, 0.4) is 0 Å². The summed E-state index contributed by atoms with van der Waals surface area (Å²) in [5.41, 5.74) is 0.378. The van der Waals surface area contributed by atoms with Crippen LogP contribution in [0.25, 0.3) is 0 Å². The minimum Gasteiger partial charge on any atom is -0.383 e. The number of likely N-dealkylation sites (tertiary alicyclic amines) is 1. The third-order valence-electron chi connectivity index (χ3n) is 5.83. The fourth-order valence-electron chi connectivity index (χ4n) is 4.44. The molecule has 0 unspecified atom stereocenters. The van der Waals surface area contributed by atoms with Gasteiger partial charge in [-0.1, -0.05) is 6.42 Å². The highest BCUT2D eigenvalue weighted by Gasteiger charge is 2.50. The van der Waals surface area contributed by atoms with Crippen LogP contribution in [0.1, 0.15) is 48.2 Å². The van der Waals surface area contributed by atoms with Gasteiger partial charge in [-0.25, -0.2) is 0 Å². The van der Waals surface area contributed by atoms with Gasteiger partial charge in [0.2, 0.25) is 5.91 Å². The molecule has 26 heavy (non-hydrogen) atoms. The number of amides is 2. The molecule has 3 rings (SSSR count). The fourth-order valence-corrected chi connectivity index (χ4v) is 4.44. The molecule has 1 aliphatic carbocycles. The quantitative estimate of drug-likeness (QED) is 0.797. The number of H-pyrrole nitrogens is 1. The van der Waals surface area contributed by atoms with Crippen LogP contribution < -0.4 is 10.9 Å². The average Bonchev–Trinajstić information content (AvgIpc) is 3.03. The molecule has 1 saturated heterocycles. The number of aromatic amines is 1. The van der Waals surface area contributed by atoms with Crippen molar-refractivity contribution >= 4 is 11.8 Å². The Labute approximate surface area is 153 Å². The maximum Gasteiger partial charge on any atom is 0.260 e. The highest BCUT2D eigenvalue weighted by atomic mass is 16.5. The van der Waals surface area contributed by atoms with Gasteiger partial charge in [0, 0.05) is 43.8 Å². The number of aromatic nitrogens is 1. The van der Waals surface area contributed by atoms with Crippen molar-refractivity contribution in [1.82, 2.24) is 15.2 Å². The van der Waals surface area contributed by atoms with E-state index in [2.05, 4.69) is 10.3 Å². The Balaban J connectivity index is 1.72. The minimum atomic E-state index is -0.372. The number of pyridine rings is 1. The lowest BCUT2D eigenvalue weighted by Crippen LogP contribution is -2.56. The largest absolute Gasteiger partial charge is 0.383 e. The molecule has 1 saturated carbocycles. The second-order valence-electron chi connectivity index (χ2n) is 7.42. The van der Waals surface area contributed by atoms with Gasteiger partial charge in [-0.05, 0) is 38.3 Å². The van der Waals surface area contributed by atoms with E-state index in [0.29, 0.717) is 26.1 Å². The third-order valence-corrected chi connectivity index (χ3v) is 5.83. The monoisotopic (exact) mass is 361 g/mol. The van der Waals surface area contributed by atoms with E-state index in [1.807, 2.05) is 4.90 Å². The number of hydrogen-bond donors (Lipinski definition) is 2. The lowest BCUT2D eigenvalue weighted by Gasteiger charge is -2.46. The zero-order valence-electron chi connectivity index (χ0n) is 15.5. The molecule has 142 valence electrons. The van der Waals surface area contributed by atoms with E-state index in [9.17, 15) is 14.4 Å². The summed E-state index contributed by atoms with van der Waals surface area (Å²) in [7, 11) is 1.63. The zero-order chi connectivity index (χ0) is 18.7.